The van der Waals surface area contributed by atoms with Gasteiger partial charge in [-0.2, -0.15) is 0 Å². The molecule has 2 aromatic carbocycles. The van der Waals surface area contributed by atoms with Gasteiger partial charge in [-0.25, -0.2) is 15.0 Å². The van der Waals surface area contributed by atoms with Crippen LogP contribution < -0.4 is 4.90 Å². The number of nitrogens with zero attached hydrogens (tertiary/aromatic N) is 4. The summed E-state index contributed by atoms with van der Waals surface area (Å²) in [5.41, 5.74) is 3.40. The van der Waals surface area contributed by atoms with E-state index in [1.165, 1.54) is 11.1 Å². The number of aromatic nitrogens is 3. The fraction of sp³-hybridized carbons (Fsp3) is 0.208. The zero-order valence-electron chi connectivity index (χ0n) is 16.7. The van der Waals surface area contributed by atoms with Crippen LogP contribution in [0.3, 0.4) is 0 Å². The van der Waals surface area contributed by atoms with E-state index in [0.29, 0.717) is 5.82 Å². The van der Waals surface area contributed by atoms with Gasteiger partial charge in [0.1, 0.15) is 5.60 Å². The van der Waals surface area contributed by atoms with Gasteiger partial charge in [-0.1, -0.05) is 59.9 Å². The summed E-state index contributed by atoms with van der Waals surface area (Å²) < 4.78 is 0. The molecule has 1 aliphatic heterocycles. The molecule has 1 atom stereocenters. The Bertz CT molecular complexity index is 1160. The second kappa shape index (κ2) is 7.63. The van der Waals surface area contributed by atoms with E-state index in [9.17, 15) is 5.11 Å². The summed E-state index contributed by atoms with van der Waals surface area (Å²) in [6.07, 6.45) is 6.27. The number of hydrogen-bond donors (Lipinski definition) is 1. The van der Waals surface area contributed by atoms with Crippen LogP contribution in [0.2, 0.25) is 0 Å². The molecule has 4 aromatic rings. The molecule has 2 aromatic heterocycles. The van der Waals surface area contributed by atoms with E-state index < -0.39 is 5.60 Å². The molecule has 0 fully saturated rings. The van der Waals surface area contributed by atoms with E-state index in [0.717, 1.165) is 40.6 Å². The van der Waals surface area contributed by atoms with Crippen molar-refractivity contribution in [2.75, 3.05) is 11.4 Å². The Hall–Kier alpha value is -3.09. The number of anilines is 1. The molecule has 0 aliphatic carbocycles. The minimum atomic E-state index is -1.11. The van der Waals surface area contributed by atoms with Crippen molar-refractivity contribution >= 4 is 16.5 Å². The standard InChI is InChI=1S/C24H22N4OS/c1-24(29,20-9-7-18(8-10-20)22-25-12-4-13-26-22)21-15-27-23(30-21)28-14-11-17-5-2-3-6-19(17)16-28/h2-10,12-13,15,29H,11,14,16H2,1H3. The molecule has 3 heterocycles. The number of aliphatic hydroxyl groups is 1. The molecular formula is C24H22N4OS. The Balaban J connectivity index is 1.37. The number of rotatable bonds is 4. The van der Waals surface area contributed by atoms with Gasteiger partial charge in [0.2, 0.25) is 0 Å². The van der Waals surface area contributed by atoms with E-state index >= 15 is 0 Å². The third kappa shape index (κ3) is 3.49. The lowest BCUT2D eigenvalue weighted by molar-refractivity contribution is 0.106. The largest absolute Gasteiger partial charge is 0.380 e. The molecule has 0 saturated heterocycles. The molecule has 150 valence electrons. The van der Waals surface area contributed by atoms with Crippen molar-refractivity contribution in [3.8, 4) is 11.4 Å². The Morgan fingerprint density at radius 3 is 2.43 bits per heavy atom. The number of thiazole rings is 1. The lowest BCUT2D eigenvalue weighted by Gasteiger charge is -2.28. The topological polar surface area (TPSA) is 62.1 Å². The van der Waals surface area contributed by atoms with E-state index in [4.69, 9.17) is 0 Å². The Morgan fingerprint density at radius 2 is 1.67 bits per heavy atom. The Morgan fingerprint density at radius 1 is 0.933 bits per heavy atom. The highest BCUT2D eigenvalue weighted by Crippen LogP contribution is 2.37. The first-order valence-electron chi connectivity index (χ1n) is 9.99. The van der Waals surface area contributed by atoms with Crippen molar-refractivity contribution < 1.29 is 5.11 Å². The smallest absolute Gasteiger partial charge is 0.185 e. The number of benzene rings is 2. The Labute approximate surface area is 179 Å². The molecule has 5 nitrogen and oxygen atoms in total. The SMILES string of the molecule is CC(O)(c1ccc(-c2ncccn2)cc1)c1cnc(N2CCc3ccccc3C2)s1. The molecule has 0 amide bonds. The predicted octanol–water partition coefficient (Wildman–Crippen LogP) is 4.42. The van der Waals surface area contributed by atoms with Crippen molar-refractivity contribution in [2.45, 2.75) is 25.5 Å². The normalized spacial score (nSPS) is 15.5. The van der Waals surface area contributed by atoms with Crippen molar-refractivity contribution in [1.29, 1.82) is 0 Å². The maximum absolute atomic E-state index is 11.3. The summed E-state index contributed by atoms with van der Waals surface area (Å²) in [5, 5.41) is 12.3. The third-order valence-electron chi connectivity index (χ3n) is 5.65. The van der Waals surface area contributed by atoms with Crippen LogP contribution in [-0.4, -0.2) is 26.6 Å². The van der Waals surface area contributed by atoms with Gasteiger partial charge in [0, 0.05) is 37.2 Å². The number of fused-ring (bicyclic) bond motifs is 1. The third-order valence-corrected chi connectivity index (χ3v) is 6.91. The molecule has 0 spiro atoms. The van der Waals surface area contributed by atoms with E-state index in [2.05, 4.69) is 44.1 Å². The van der Waals surface area contributed by atoms with Crippen LogP contribution in [-0.2, 0) is 18.6 Å². The van der Waals surface area contributed by atoms with Gasteiger partial charge in [0.15, 0.2) is 11.0 Å². The molecule has 1 N–H and O–H groups in total. The molecule has 5 rings (SSSR count). The van der Waals surface area contributed by atoms with Gasteiger partial charge >= 0.3 is 0 Å². The zero-order chi connectivity index (χ0) is 20.6. The first kappa shape index (κ1) is 18.9. The number of hydrogen-bond acceptors (Lipinski definition) is 6. The fourth-order valence-corrected chi connectivity index (χ4v) is 4.84. The van der Waals surface area contributed by atoms with Crippen LogP contribution in [0.5, 0.6) is 0 Å². The van der Waals surface area contributed by atoms with Crippen LogP contribution in [0.1, 0.15) is 28.5 Å². The van der Waals surface area contributed by atoms with Crippen molar-refractivity contribution in [3.05, 3.63) is 94.8 Å². The van der Waals surface area contributed by atoms with Gasteiger partial charge < -0.3 is 10.0 Å². The predicted molar refractivity (Wildman–Crippen MR) is 119 cm³/mol. The molecule has 0 radical (unpaired) electrons. The lowest BCUT2D eigenvalue weighted by atomic mass is 9.94. The summed E-state index contributed by atoms with van der Waals surface area (Å²) >= 11 is 1.56. The molecule has 0 saturated carbocycles. The van der Waals surface area contributed by atoms with Crippen LogP contribution in [0.4, 0.5) is 5.13 Å². The van der Waals surface area contributed by atoms with Crippen molar-refractivity contribution in [1.82, 2.24) is 15.0 Å². The van der Waals surface area contributed by atoms with Gasteiger partial charge in [0.05, 0.1) is 4.88 Å². The maximum Gasteiger partial charge on any atom is 0.185 e. The lowest BCUT2D eigenvalue weighted by Crippen LogP contribution is -2.30. The second-order valence-corrected chi connectivity index (χ2v) is 8.68. The van der Waals surface area contributed by atoms with Crippen LogP contribution in [0.25, 0.3) is 11.4 Å². The summed E-state index contributed by atoms with van der Waals surface area (Å²) in [4.78, 5) is 16.3. The van der Waals surface area contributed by atoms with Gasteiger partial charge in [-0.15, -0.1) is 0 Å². The maximum atomic E-state index is 11.3. The summed E-state index contributed by atoms with van der Waals surface area (Å²) in [7, 11) is 0. The van der Waals surface area contributed by atoms with Gasteiger partial charge in [0.25, 0.3) is 0 Å². The molecule has 1 unspecified atom stereocenters. The second-order valence-electron chi connectivity index (χ2n) is 7.67. The van der Waals surface area contributed by atoms with E-state index in [1.807, 2.05) is 31.2 Å². The Kier molecular flexibility index (Phi) is 4.81. The highest BCUT2D eigenvalue weighted by molar-refractivity contribution is 7.15. The van der Waals surface area contributed by atoms with Crippen molar-refractivity contribution in [3.63, 3.8) is 0 Å². The molecule has 6 heteroatoms. The average molecular weight is 415 g/mol. The summed E-state index contributed by atoms with van der Waals surface area (Å²) in [6, 6.07) is 18.1. The fourth-order valence-electron chi connectivity index (χ4n) is 3.83. The minimum absolute atomic E-state index is 0.675. The molecule has 0 bridgehead atoms. The van der Waals surface area contributed by atoms with E-state index in [-0.39, 0.29) is 0 Å². The summed E-state index contributed by atoms with van der Waals surface area (Å²) in [6.45, 7) is 3.62. The van der Waals surface area contributed by atoms with Crippen LogP contribution in [0, 0.1) is 0 Å². The van der Waals surface area contributed by atoms with Gasteiger partial charge in [-0.3, -0.25) is 0 Å². The summed E-state index contributed by atoms with van der Waals surface area (Å²) in [5.74, 6) is 0.675. The quantitative estimate of drug-likeness (QED) is 0.536. The first-order valence-corrected chi connectivity index (χ1v) is 10.8. The van der Waals surface area contributed by atoms with Crippen molar-refractivity contribution in [2.24, 2.45) is 0 Å². The average Bonchev–Trinajstić information content (AvgIpc) is 3.31. The zero-order valence-corrected chi connectivity index (χ0v) is 17.5. The minimum Gasteiger partial charge on any atom is -0.380 e. The highest BCUT2D eigenvalue weighted by Gasteiger charge is 2.29. The van der Waals surface area contributed by atoms with Crippen LogP contribution in [0.15, 0.2) is 73.2 Å². The van der Waals surface area contributed by atoms with Gasteiger partial charge in [-0.05, 0) is 36.1 Å². The van der Waals surface area contributed by atoms with E-state index in [1.54, 1.807) is 36.0 Å². The molecule has 1 aliphatic rings. The monoisotopic (exact) mass is 414 g/mol. The van der Waals surface area contributed by atoms with Crippen LogP contribution >= 0.6 is 11.3 Å². The molecule has 30 heavy (non-hydrogen) atoms. The first-order chi connectivity index (χ1) is 14.6. The highest BCUT2D eigenvalue weighted by atomic mass is 32.1. The molecular weight excluding hydrogens is 392 g/mol.